The van der Waals surface area contributed by atoms with E-state index in [2.05, 4.69) is 0 Å². The maximum Gasteiger partial charge on any atom is 0.285 e. The summed E-state index contributed by atoms with van der Waals surface area (Å²) in [5, 5.41) is 20.4. The van der Waals surface area contributed by atoms with Gasteiger partial charge in [0.1, 0.15) is 0 Å². The molecular formula is C9H7N2O3-. The number of pyridine rings is 1. The van der Waals surface area contributed by atoms with Gasteiger partial charge < -0.3 is 15.9 Å². The van der Waals surface area contributed by atoms with Crippen LogP contribution < -0.4 is 11.0 Å². The SMILES string of the molecule is O=c1cc(N[O-])c2ccccc2n1O. The number of nitrogens with zero attached hydrogens (tertiary/aromatic N) is 1. The van der Waals surface area contributed by atoms with Gasteiger partial charge in [-0.3, -0.25) is 4.79 Å². The van der Waals surface area contributed by atoms with Crippen LogP contribution in [0.5, 0.6) is 0 Å². The fourth-order valence-corrected chi connectivity index (χ4v) is 1.35. The van der Waals surface area contributed by atoms with Gasteiger partial charge in [-0.05, 0) is 6.07 Å². The molecule has 0 spiro atoms. The molecule has 5 nitrogen and oxygen atoms in total. The molecule has 0 amide bonds. The summed E-state index contributed by atoms with van der Waals surface area (Å²) in [6, 6.07) is 7.63. The molecule has 0 saturated heterocycles. The fourth-order valence-electron chi connectivity index (χ4n) is 1.35. The molecule has 5 heteroatoms. The first-order valence-corrected chi connectivity index (χ1v) is 3.96. The Balaban J connectivity index is 2.97. The lowest BCUT2D eigenvalue weighted by molar-refractivity contribution is 0.189. The molecule has 2 aromatic rings. The van der Waals surface area contributed by atoms with Gasteiger partial charge in [-0.2, -0.15) is 0 Å². The zero-order valence-corrected chi connectivity index (χ0v) is 7.10. The zero-order valence-electron chi connectivity index (χ0n) is 7.10. The van der Waals surface area contributed by atoms with Gasteiger partial charge in [-0.15, -0.1) is 4.73 Å². The predicted octanol–water partition coefficient (Wildman–Crippen LogP) is 1.15. The largest absolute Gasteiger partial charge is 0.761 e. The van der Waals surface area contributed by atoms with Crippen molar-refractivity contribution in [2.24, 2.45) is 0 Å². The summed E-state index contributed by atoms with van der Waals surface area (Å²) in [6.45, 7) is 0. The Morgan fingerprint density at radius 1 is 1.36 bits per heavy atom. The highest BCUT2D eigenvalue weighted by atomic mass is 16.5. The number of hydrogen-bond donors (Lipinski definition) is 2. The van der Waals surface area contributed by atoms with Crippen molar-refractivity contribution in [2.75, 3.05) is 5.48 Å². The number of benzene rings is 1. The van der Waals surface area contributed by atoms with Crippen LogP contribution in [-0.4, -0.2) is 9.94 Å². The molecule has 0 atom stereocenters. The number of fused-ring (bicyclic) bond motifs is 1. The summed E-state index contributed by atoms with van der Waals surface area (Å²) in [4.78, 5) is 11.1. The number of aromatic nitrogens is 1. The highest BCUT2D eigenvalue weighted by Crippen LogP contribution is 2.19. The molecule has 72 valence electrons. The molecule has 0 fully saturated rings. The molecule has 0 aliphatic heterocycles. The number of hydrogen-bond acceptors (Lipinski definition) is 4. The van der Waals surface area contributed by atoms with Crippen LogP contribution in [0.2, 0.25) is 0 Å². The summed E-state index contributed by atoms with van der Waals surface area (Å²) in [6.07, 6.45) is 0. The van der Waals surface area contributed by atoms with Crippen LogP contribution in [0.15, 0.2) is 35.1 Å². The maximum absolute atomic E-state index is 11.1. The highest BCUT2D eigenvalue weighted by Gasteiger charge is 2.04. The molecule has 1 heterocycles. The van der Waals surface area contributed by atoms with Crippen LogP contribution in [0.1, 0.15) is 0 Å². The average Bonchev–Trinajstić information content (AvgIpc) is 2.23. The van der Waals surface area contributed by atoms with Crippen LogP contribution in [0.4, 0.5) is 5.69 Å². The third-order valence-electron chi connectivity index (χ3n) is 2.01. The van der Waals surface area contributed by atoms with Crippen molar-refractivity contribution in [2.45, 2.75) is 0 Å². The normalized spacial score (nSPS) is 10.4. The number of rotatable bonds is 1. The van der Waals surface area contributed by atoms with E-state index in [4.69, 9.17) is 0 Å². The van der Waals surface area contributed by atoms with Crippen molar-refractivity contribution >= 4 is 16.6 Å². The van der Waals surface area contributed by atoms with Crippen molar-refractivity contribution in [1.82, 2.24) is 4.73 Å². The Morgan fingerprint density at radius 2 is 2.07 bits per heavy atom. The van der Waals surface area contributed by atoms with Crippen molar-refractivity contribution < 1.29 is 5.21 Å². The lowest BCUT2D eigenvalue weighted by atomic mass is 10.2. The third-order valence-corrected chi connectivity index (χ3v) is 2.01. The Morgan fingerprint density at radius 3 is 2.79 bits per heavy atom. The summed E-state index contributed by atoms with van der Waals surface area (Å²) >= 11 is 0. The second-order valence-corrected chi connectivity index (χ2v) is 2.83. The quantitative estimate of drug-likeness (QED) is 0.523. The molecule has 0 aliphatic rings. The van der Waals surface area contributed by atoms with E-state index < -0.39 is 5.56 Å². The molecule has 0 radical (unpaired) electrons. The van der Waals surface area contributed by atoms with E-state index in [0.29, 0.717) is 15.6 Å². The van der Waals surface area contributed by atoms with Gasteiger partial charge in [0.25, 0.3) is 5.56 Å². The number of nitrogens with one attached hydrogen (secondary N) is 1. The molecule has 0 saturated carbocycles. The fraction of sp³-hybridized carbons (Fsp3) is 0. The van der Waals surface area contributed by atoms with Crippen molar-refractivity contribution in [3.8, 4) is 0 Å². The van der Waals surface area contributed by atoms with Crippen molar-refractivity contribution in [3.05, 3.63) is 45.9 Å². The van der Waals surface area contributed by atoms with E-state index >= 15 is 0 Å². The standard InChI is InChI=1S/C9H7N2O3/c12-9-5-7(10-13)6-3-1-2-4-8(6)11(9)14/h1-5,10,14H/q-1. The summed E-state index contributed by atoms with van der Waals surface area (Å²) < 4.78 is 0.510. The maximum atomic E-state index is 11.1. The highest BCUT2D eigenvalue weighted by molar-refractivity contribution is 5.91. The minimum Gasteiger partial charge on any atom is -0.761 e. The van der Waals surface area contributed by atoms with Gasteiger partial charge in [0.15, 0.2) is 0 Å². The average molecular weight is 191 g/mol. The zero-order chi connectivity index (χ0) is 10.1. The van der Waals surface area contributed by atoms with Crippen molar-refractivity contribution in [3.63, 3.8) is 0 Å². The van der Waals surface area contributed by atoms with E-state index in [1.54, 1.807) is 29.7 Å². The molecule has 1 aromatic carbocycles. The first kappa shape index (κ1) is 8.58. The summed E-state index contributed by atoms with van der Waals surface area (Å²) in [7, 11) is 0. The van der Waals surface area contributed by atoms with Crippen LogP contribution in [0.25, 0.3) is 10.9 Å². The molecule has 2 N–H and O–H groups in total. The van der Waals surface area contributed by atoms with Gasteiger partial charge >= 0.3 is 0 Å². The molecular weight excluding hydrogens is 184 g/mol. The van der Waals surface area contributed by atoms with Crippen LogP contribution in [-0.2, 0) is 0 Å². The van der Waals surface area contributed by atoms with E-state index in [-0.39, 0.29) is 5.69 Å². The van der Waals surface area contributed by atoms with Gasteiger partial charge in [-0.25, -0.2) is 0 Å². The molecule has 1 aromatic heterocycles. The van der Waals surface area contributed by atoms with Crippen LogP contribution >= 0.6 is 0 Å². The Hall–Kier alpha value is -2.01. The van der Waals surface area contributed by atoms with Gasteiger partial charge in [0.2, 0.25) is 0 Å². The Bertz CT molecular complexity index is 533. The van der Waals surface area contributed by atoms with Crippen molar-refractivity contribution in [1.29, 1.82) is 0 Å². The Labute approximate surface area is 78.8 Å². The lowest BCUT2D eigenvalue weighted by Crippen LogP contribution is -2.17. The van der Waals surface area contributed by atoms with Gasteiger partial charge in [0, 0.05) is 17.1 Å². The molecule has 14 heavy (non-hydrogen) atoms. The second-order valence-electron chi connectivity index (χ2n) is 2.83. The van der Waals surface area contributed by atoms with Gasteiger partial charge in [-0.1, -0.05) is 18.2 Å². The molecule has 0 aliphatic carbocycles. The third kappa shape index (κ3) is 1.11. The van der Waals surface area contributed by atoms with Crippen LogP contribution in [0.3, 0.4) is 0 Å². The first-order valence-electron chi connectivity index (χ1n) is 3.96. The molecule has 2 rings (SSSR count). The molecule has 0 bridgehead atoms. The van der Waals surface area contributed by atoms with Gasteiger partial charge in [0.05, 0.1) is 5.52 Å². The molecule has 0 unspecified atom stereocenters. The number of para-hydroxylation sites is 1. The first-order chi connectivity index (χ1) is 6.74. The topological polar surface area (TPSA) is 77.3 Å². The predicted molar refractivity (Wildman–Crippen MR) is 52.4 cm³/mol. The monoisotopic (exact) mass is 191 g/mol. The minimum absolute atomic E-state index is 0.163. The second kappa shape index (κ2) is 3.04. The number of anilines is 1. The van der Waals surface area contributed by atoms with E-state index in [1.807, 2.05) is 0 Å². The smallest absolute Gasteiger partial charge is 0.285 e. The minimum atomic E-state index is -0.637. The summed E-state index contributed by atoms with van der Waals surface area (Å²) in [5.74, 6) is 0. The Kier molecular flexibility index (Phi) is 1.86. The van der Waals surface area contributed by atoms with E-state index in [0.717, 1.165) is 6.07 Å². The summed E-state index contributed by atoms with van der Waals surface area (Å²) in [5.41, 5.74) is 1.49. The lowest BCUT2D eigenvalue weighted by Gasteiger charge is -2.13. The van der Waals surface area contributed by atoms with E-state index in [1.165, 1.54) is 0 Å². The van der Waals surface area contributed by atoms with E-state index in [9.17, 15) is 15.2 Å². The van der Waals surface area contributed by atoms with Crippen LogP contribution in [0, 0.1) is 5.21 Å².